The number of fused-ring (bicyclic) bond motifs is 1. The van der Waals surface area contributed by atoms with E-state index in [1.807, 2.05) is 25.5 Å². The summed E-state index contributed by atoms with van der Waals surface area (Å²) in [5.74, 6) is 0.381. The minimum absolute atomic E-state index is 0.0590. The lowest BCUT2D eigenvalue weighted by molar-refractivity contribution is -0.143. The Morgan fingerprint density at radius 2 is 1.45 bits per heavy atom. The number of rotatable bonds is 4. The lowest BCUT2D eigenvalue weighted by atomic mass is 9.89. The predicted molar refractivity (Wildman–Crippen MR) is 102 cm³/mol. The summed E-state index contributed by atoms with van der Waals surface area (Å²) in [6, 6.07) is 5.46. The molecular formula is C23H21F6. The van der Waals surface area contributed by atoms with E-state index in [-0.39, 0.29) is 11.6 Å². The van der Waals surface area contributed by atoms with E-state index in [9.17, 15) is 26.3 Å². The van der Waals surface area contributed by atoms with Crippen molar-refractivity contribution < 1.29 is 26.3 Å². The van der Waals surface area contributed by atoms with E-state index in [0.29, 0.717) is 29.0 Å². The van der Waals surface area contributed by atoms with Crippen molar-refractivity contribution in [1.82, 2.24) is 0 Å². The smallest absolute Gasteiger partial charge is 0.166 e. The largest absolute Gasteiger partial charge is 0.416 e. The number of allylic oxidation sites excluding steroid dienone is 1. The van der Waals surface area contributed by atoms with Gasteiger partial charge in [-0.15, -0.1) is 0 Å². The zero-order chi connectivity index (χ0) is 21.6. The molecule has 0 atom stereocenters. The molecule has 0 aromatic heterocycles. The molecule has 6 heteroatoms. The van der Waals surface area contributed by atoms with Crippen LogP contribution < -0.4 is 0 Å². The summed E-state index contributed by atoms with van der Waals surface area (Å²) >= 11 is 0. The maximum atomic E-state index is 13.3. The highest BCUT2D eigenvalue weighted by atomic mass is 19.4. The van der Waals surface area contributed by atoms with Gasteiger partial charge in [0.05, 0.1) is 11.1 Å². The van der Waals surface area contributed by atoms with E-state index >= 15 is 0 Å². The van der Waals surface area contributed by atoms with Crippen LogP contribution in [0.15, 0.2) is 35.9 Å². The molecule has 0 nitrogen and oxygen atoms in total. The van der Waals surface area contributed by atoms with E-state index in [1.165, 1.54) is 0 Å². The molecule has 0 saturated heterocycles. The molecule has 0 saturated carbocycles. The zero-order valence-electron chi connectivity index (χ0n) is 16.3. The van der Waals surface area contributed by atoms with Gasteiger partial charge in [-0.1, -0.05) is 44.6 Å². The molecule has 1 aliphatic rings. The van der Waals surface area contributed by atoms with Gasteiger partial charge in [-0.2, -0.15) is 26.3 Å². The number of hydrogen-bond donors (Lipinski definition) is 0. The van der Waals surface area contributed by atoms with Gasteiger partial charge in [0, 0.05) is 6.42 Å². The molecule has 0 bridgehead atoms. The van der Waals surface area contributed by atoms with Crippen molar-refractivity contribution in [3.8, 4) is 11.1 Å². The Morgan fingerprint density at radius 3 is 1.93 bits per heavy atom. The van der Waals surface area contributed by atoms with Gasteiger partial charge in [0.1, 0.15) is 0 Å². The van der Waals surface area contributed by atoms with E-state index in [1.54, 1.807) is 6.07 Å². The number of hydrogen-bond acceptors (Lipinski definition) is 0. The highest BCUT2D eigenvalue weighted by molar-refractivity contribution is 5.85. The van der Waals surface area contributed by atoms with E-state index in [4.69, 9.17) is 0 Å². The lowest BCUT2D eigenvalue weighted by Crippen LogP contribution is -2.11. The summed E-state index contributed by atoms with van der Waals surface area (Å²) in [6.45, 7) is 5.94. The third-order valence-corrected chi connectivity index (χ3v) is 4.94. The average Bonchev–Trinajstić information content (AvgIpc) is 3.00. The number of benzene rings is 2. The number of aryl methyl sites for hydroxylation is 1. The Labute approximate surface area is 166 Å². The minimum Gasteiger partial charge on any atom is -0.166 e. The summed E-state index contributed by atoms with van der Waals surface area (Å²) in [7, 11) is 0. The first kappa shape index (κ1) is 21.5. The normalized spacial score (nSPS) is 14.3. The van der Waals surface area contributed by atoms with Crippen LogP contribution in [0.1, 0.15) is 55.0 Å². The topological polar surface area (TPSA) is 0 Å². The molecule has 3 rings (SSSR count). The third kappa shape index (κ3) is 4.51. The van der Waals surface area contributed by atoms with Crippen molar-refractivity contribution in [3.05, 3.63) is 70.1 Å². The van der Waals surface area contributed by atoms with Gasteiger partial charge in [0.25, 0.3) is 0 Å². The molecule has 2 aromatic carbocycles. The molecule has 0 N–H and O–H groups in total. The van der Waals surface area contributed by atoms with Crippen LogP contribution in [-0.4, -0.2) is 0 Å². The first-order valence-corrected chi connectivity index (χ1v) is 9.41. The van der Waals surface area contributed by atoms with E-state index < -0.39 is 23.5 Å². The molecule has 1 radical (unpaired) electrons. The second-order valence-corrected chi connectivity index (χ2v) is 7.71. The molecule has 0 spiro atoms. The highest BCUT2D eigenvalue weighted by Crippen LogP contribution is 2.43. The second-order valence-electron chi connectivity index (χ2n) is 7.71. The Hall–Kier alpha value is -2.24. The summed E-state index contributed by atoms with van der Waals surface area (Å²) in [5.41, 5.74) is 1.03. The highest BCUT2D eigenvalue weighted by Gasteiger charge is 2.37. The monoisotopic (exact) mass is 411 g/mol. The molecule has 0 amide bonds. The van der Waals surface area contributed by atoms with Crippen molar-refractivity contribution in [2.75, 3.05) is 0 Å². The van der Waals surface area contributed by atoms with Crippen LogP contribution in [0, 0.1) is 12.3 Å². The van der Waals surface area contributed by atoms with Crippen LogP contribution >= 0.6 is 0 Å². The molecule has 0 fully saturated rings. The summed E-state index contributed by atoms with van der Waals surface area (Å²) in [4.78, 5) is 0. The fourth-order valence-corrected chi connectivity index (χ4v) is 3.71. The van der Waals surface area contributed by atoms with Crippen molar-refractivity contribution in [3.63, 3.8) is 0 Å². The number of halogens is 6. The number of alkyl halides is 6. The third-order valence-electron chi connectivity index (χ3n) is 4.94. The van der Waals surface area contributed by atoms with E-state index in [2.05, 4.69) is 13.8 Å². The first-order valence-electron chi connectivity index (χ1n) is 9.41. The SMILES string of the molecule is CCc1ccc2c(c1-c1cc(C(F)(F)F)cc(C(F)(F)F)c1)C=C(CC(C)C)[CH]2. The quantitative estimate of drug-likeness (QED) is 0.448. The van der Waals surface area contributed by atoms with Gasteiger partial charge in [0.2, 0.25) is 0 Å². The Kier molecular flexibility index (Phi) is 5.58. The van der Waals surface area contributed by atoms with Crippen LogP contribution in [-0.2, 0) is 18.8 Å². The Bertz CT molecular complexity index is 913. The van der Waals surface area contributed by atoms with Crippen molar-refractivity contribution in [2.24, 2.45) is 5.92 Å². The van der Waals surface area contributed by atoms with Gasteiger partial charge < -0.3 is 0 Å². The van der Waals surface area contributed by atoms with Crippen molar-refractivity contribution in [2.45, 2.75) is 46.0 Å². The van der Waals surface area contributed by atoms with Gasteiger partial charge in [-0.05, 0) is 64.8 Å². The van der Waals surface area contributed by atoms with Gasteiger partial charge in [-0.3, -0.25) is 0 Å². The van der Waals surface area contributed by atoms with Gasteiger partial charge in [0.15, 0.2) is 0 Å². The zero-order valence-corrected chi connectivity index (χ0v) is 16.3. The average molecular weight is 411 g/mol. The molecule has 1 aliphatic carbocycles. The van der Waals surface area contributed by atoms with Crippen LogP contribution in [0.25, 0.3) is 17.2 Å². The lowest BCUT2D eigenvalue weighted by Gasteiger charge is -2.18. The molecular weight excluding hydrogens is 390 g/mol. The molecule has 2 aromatic rings. The fourth-order valence-electron chi connectivity index (χ4n) is 3.71. The summed E-state index contributed by atoms with van der Waals surface area (Å²) < 4.78 is 80.0. The Balaban J connectivity index is 2.26. The maximum absolute atomic E-state index is 13.3. The first-order chi connectivity index (χ1) is 13.4. The van der Waals surface area contributed by atoms with Crippen LogP contribution in [0.2, 0.25) is 0 Å². The molecule has 0 heterocycles. The summed E-state index contributed by atoms with van der Waals surface area (Å²) in [6.07, 6.45) is -4.62. The maximum Gasteiger partial charge on any atom is 0.416 e. The van der Waals surface area contributed by atoms with Crippen LogP contribution in [0.4, 0.5) is 26.3 Å². The molecule has 0 aliphatic heterocycles. The van der Waals surface area contributed by atoms with Crippen LogP contribution in [0.5, 0.6) is 0 Å². The molecule has 29 heavy (non-hydrogen) atoms. The Morgan fingerprint density at radius 1 is 0.862 bits per heavy atom. The van der Waals surface area contributed by atoms with Gasteiger partial charge >= 0.3 is 12.4 Å². The second kappa shape index (κ2) is 7.54. The van der Waals surface area contributed by atoms with E-state index in [0.717, 1.165) is 29.7 Å². The van der Waals surface area contributed by atoms with Crippen molar-refractivity contribution >= 4 is 6.08 Å². The molecule has 0 unspecified atom stereocenters. The fraction of sp³-hybridized carbons (Fsp3) is 0.348. The predicted octanol–water partition coefficient (Wildman–Crippen LogP) is 7.95. The van der Waals surface area contributed by atoms with Crippen LogP contribution in [0.3, 0.4) is 0 Å². The summed E-state index contributed by atoms with van der Waals surface area (Å²) in [5, 5.41) is 0. The molecule has 155 valence electrons. The minimum atomic E-state index is -4.87. The van der Waals surface area contributed by atoms with Gasteiger partial charge in [-0.25, -0.2) is 0 Å². The van der Waals surface area contributed by atoms with Crippen molar-refractivity contribution in [1.29, 1.82) is 0 Å². The standard InChI is InChI=1S/C23H21F6/c1-4-15-5-6-16-8-14(7-13(2)3)9-20(16)21(15)17-10-18(22(24,25)26)12-19(11-17)23(27,28)29/h5-6,8-13H,4,7H2,1-3H3.